The molecule has 30 bridgehead atoms. The zero-order valence-electron chi connectivity index (χ0n) is 86.9. The fourth-order valence-electron chi connectivity index (χ4n) is 53.1. The van der Waals surface area contributed by atoms with Crippen molar-refractivity contribution in [3.63, 3.8) is 0 Å². The van der Waals surface area contributed by atoms with Crippen LogP contribution >= 0.6 is 0 Å². The Kier molecular flexibility index (Phi) is 23.1. The molecule has 0 aliphatic heterocycles. The van der Waals surface area contributed by atoms with Gasteiger partial charge in [0.2, 0.25) is 0 Å². The molecule has 0 amide bonds. The lowest BCUT2D eigenvalue weighted by Gasteiger charge is -2.64. The topological polar surface area (TPSA) is 0 Å². The van der Waals surface area contributed by atoms with E-state index in [-0.39, 0.29) is 0 Å². The first-order chi connectivity index (χ1) is 63.2. The quantitative estimate of drug-likeness (QED) is 0.213. The molecule has 38 aliphatic rings. The van der Waals surface area contributed by atoms with Gasteiger partial charge in [-0.1, -0.05) is 158 Å². The van der Waals surface area contributed by atoms with Gasteiger partial charge in [0.05, 0.1) is 0 Å². The van der Waals surface area contributed by atoms with Crippen LogP contribution in [0.25, 0.3) is 0 Å². The molecule has 24 atom stereocenters. The van der Waals surface area contributed by atoms with Gasteiger partial charge in [-0.05, 0) is 650 Å². The summed E-state index contributed by atoms with van der Waals surface area (Å²) in [5.74, 6) is 50.8. The highest BCUT2D eigenvalue weighted by atomic mass is 14.8. The van der Waals surface area contributed by atoms with E-state index in [1.807, 2.05) is 0 Å². The summed E-state index contributed by atoms with van der Waals surface area (Å²) in [4.78, 5) is 0. The van der Waals surface area contributed by atoms with Crippen molar-refractivity contribution in [2.75, 3.05) is 0 Å². The molecule has 0 spiro atoms. The highest BCUT2D eigenvalue weighted by Crippen LogP contribution is 2.80. The molecule has 0 aromatic carbocycles. The predicted molar refractivity (Wildman–Crippen MR) is 542 cm³/mol. The smallest absolute Gasteiger partial charge is 0.0241 e. The fraction of sp³-hybridized carbons (Fsp3) is 1.00. The fourth-order valence-corrected chi connectivity index (χ4v) is 53.1. The summed E-state index contributed by atoms with van der Waals surface area (Å²) in [6.45, 7) is 21.6. The first kappa shape index (κ1) is 88.9. The molecule has 0 nitrogen and oxygen atoms in total. The Balaban J connectivity index is 0.0000000766. The zero-order valence-corrected chi connectivity index (χ0v) is 86.9. The molecular formula is C130H208. The van der Waals surface area contributed by atoms with Crippen LogP contribution in [0.1, 0.15) is 505 Å². The van der Waals surface area contributed by atoms with Crippen molar-refractivity contribution in [3.8, 4) is 0 Å². The Morgan fingerprint density at radius 2 is 0.331 bits per heavy atom. The van der Waals surface area contributed by atoms with Crippen LogP contribution in [0.2, 0.25) is 0 Å². The van der Waals surface area contributed by atoms with Gasteiger partial charge in [-0.25, -0.2) is 0 Å². The van der Waals surface area contributed by atoms with E-state index < -0.39 is 0 Å². The molecule has 38 saturated carbocycles. The third kappa shape index (κ3) is 14.2. The molecular weight excluding hydrogens is 1560 g/mol. The third-order valence-electron chi connectivity index (χ3n) is 58.8. The second-order valence-electron chi connectivity index (χ2n) is 62.7. The summed E-state index contributed by atoms with van der Waals surface area (Å²) in [5, 5.41) is 0. The molecule has 0 heterocycles. The van der Waals surface area contributed by atoms with Crippen LogP contribution in [0.15, 0.2) is 0 Å². The Bertz CT molecular complexity index is 3810. The van der Waals surface area contributed by atoms with E-state index in [0.29, 0.717) is 0 Å². The van der Waals surface area contributed by atoms with E-state index in [0.717, 1.165) is 221 Å². The van der Waals surface area contributed by atoms with Crippen LogP contribution in [0, 0.1) is 304 Å². The highest BCUT2D eigenvalue weighted by molar-refractivity contribution is 5.21. The van der Waals surface area contributed by atoms with Gasteiger partial charge in [-0.3, -0.25) is 0 Å². The average Bonchev–Trinajstić information content (AvgIpc) is 1.54. The maximum absolute atomic E-state index is 2.73. The Hall–Kier alpha value is 0. The largest absolute Gasteiger partial charge is 0.0591 e. The Morgan fingerprint density at radius 1 is 0.123 bits per heavy atom. The first-order valence-electron chi connectivity index (χ1n) is 63.2. The molecule has 0 N–H and O–H groups in total. The van der Waals surface area contributed by atoms with Crippen LogP contribution in [0.4, 0.5) is 0 Å². The molecule has 38 aliphatic carbocycles. The summed E-state index contributed by atoms with van der Waals surface area (Å²) in [5.41, 5.74) is 6.30. The van der Waals surface area contributed by atoms with Gasteiger partial charge in [-0.15, -0.1) is 0 Å². The molecule has 38 rings (SSSR count). The molecule has 0 aromatic rings. The minimum atomic E-state index is 0.772. The molecule has 24 unspecified atom stereocenters. The van der Waals surface area contributed by atoms with Crippen molar-refractivity contribution >= 4 is 0 Å². The summed E-state index contributed by atoms with van der Waals surface area (Å²) >= 11 is 0. The average molecular weight is 1770 g/mol. The standard InChI is InChI=1S/C19H30.C18H28.C17H26.C17H28.C16H26.C15H24.C14H22.C14H24/c1-19(15-5-3-2-4-6-15)11-14-10-16(19)18-13-8-7-12(9-13)17(14)18;1-18(14-4-2-3-5-14)10-13-9-15(18)17-12-7-6-11(8-12)16(13)17;1-17(13-3-2-4-13)9-12-8-14(17)16-11-6-5-10(7-11)15(12)16;1-17(14-5-3-2-4-6-14)15-8-12-7-13(10-15)11-16(17)9-12;1-16(13-4-2-3-5-13)14-7-11-6-12(9-14)10-15(16)8-11;1-15(12-3-2-4-12)13-6-10-5-11(8-13)9-14(15)7-10;1-14(11-2-3-11)12-5-9-4-10(7-12)8-13(14)6-9;1-14(12-5-3-2-4-6-12)10-11-7-8-13(14)9-11/h12-18H,2-11H2,1H3;11-17H,2-10H2,1H3;10-16H,2-9H2,1H3;12-16H,2-11H2,1H3;11-15H,2-10H2,1H3;10-14H,2-9H2,1H3;9-13H,2-8H2,1H3;11-13H,2-10H2,1H3. The molecule has 728 valence electrons. The van der Waals surface area contributed by atoms with Crippen LogP contribution in [-0.4, -0.2) is 0 Å². The molecule has 130 heavy (non-hydrogen) atoms. The minimum Gasteiger partial charge on any atom is -0.0591 e. The zero-order chi connectivity index (χ0) is 86.9. The van der Waals surface area contributed by atoms with Gasteiger partial charge in [0, 0.05) is 0 Å². The van der Waals surface area contributed by atoms with Gasteiger partial charge in [0.15, 0.2) is 0 Å². The number of fused-ring (bicyclic) bond motifs is 29. The summed E-state index contributed by atoms with van der Waals surface area (Å²) in [6.07, 6.45) is 111. The van der Waals surface area contributed by atoms with E-state index in [2.05, 4.69) is 55.4 Å². The highest BCUT2D eigenvalue weighted by Gasteiger charge is 2.72. The third-order valence-corrected chi connectivity index (χ3v) is 58.8. The number of rotatable bonds is 8. The number of hydrogen-bond acceptors (Lipinski definition) is 0. The minimum absolute atomic E-state index is 0.772. The monoisotopic (exact) mass is 1770 g/mol. The lowest BCUT2D eigenvalue weighted by atomic mass is 9.41. The Morgan fingerprint density at radius 3 is 0.554 bits per heavy atom. The molecule has 0 radical (unpaired) electrons. The van der Waals surface area contributed by atoms with Crippen molar-refractivity contribution in [2.45, 2.75) is 505 Å². The summed E-state index contributed by atoms with van der Waals surface area (Å²) in [7, 11) is 0. The van der Waals surface area contributed by atoms with Gasteiger partial charge >= 0.3 is 0 Å². The van der Waals surface area contributed by atoms with Gasteiger partial charge in [-0.2, -0.15) is 0 Å². The van der Waals surface area contributed by atoms with Crippen molar-refractivity contribution in [2.24, 2.45) is 304 Å². The summed E-state index contributed by atoms with van der Waals surface area (Å²) < 4.78 is 0. The normalized spacial score (nSPS) is 58.2. The lowest BCUT2D eigenvalue weighted by Crippen LogP contribution is -2.55. The van der Waals surface area contributed by atoms with E-state index >= 15 is 0 Å². The van der Waals surface area contributed by atoms with Crippen LogP contribution in [0.5, 0.6) is 0 Å². The van der Waals surface area contributed by atoms with E-state index in [9.17, 15) is 0 Å². The molecule has 0 aromatic heterocycles. The van der Waals surface area contributed by atoms with E-state index in [1.165, 1.54) is 179 Å². The SMILES string of the molecule is CC1(C2CC2)C2CC3CC(C2)CC1C3.CC1(C2CCC2)C2CC3CC(C2)CC1C3.CC1(C2CCC2)CC2CC1C1C3CCC(C3)C21.CC1(C2CCCC2)C2CC3CC(C2)CC1C3.CC1(C2CCCC2)CC2CC1C1C3CCC(C3)C21.CC1(C2CCCCC2)C2CC3CC(C2)CC1C3.CC1(C2CCCCC2)CC2CC1C1C3CCC(C3)C21.CC1(C2CCCCC2)CC2CCC1C2. The first-order valence-corrected chi connectivity index (χ1v) is 63.2. The molecule has 0 saturated heterocycles. The van der Waals surface area contributed by atoms with Crippen molar-refractivity contribution in [3.05, 3.63) is 0 Å². The van der Waals surface area contributed by atoms with E-state index in [4.69, 9.17) is 0 Å². The van der Waals surface area contributed by atoms with Crippen molar-refractivity contribution in [1.82, 2.24) is 0 Å². The van der Waals surface area contributed by atoms with Gasteiger partial charge in [0.25, 0.3) is 0 Å². The lowest BCUT2D eigenvalue weighted by molar-refractivity contribution is -0.145. The molecule has 0 heteroatoms. The van der Waals surface area contributed by atoms with Crippen LogP contribution in [0.3, 0.4) is 0 Å². The Labute approximate surface area is 803 Å². The maximum Gasteiger partial charge on any atom is -0.0241 e. The summed E-state index contributed by atoms with van der Waals surface area (Å²) in [6, 6.07) is 0. The second kappa shape index (κ2) is 33.8. The maximum atomic E-state index is 2.73. The van der Waals surface area contributed by atoms with Crippen molar-refractivity contribution in [1.29, 1.82) is 0 Å². The van der Waals surface area contributed by atoms with Crippen LogP contribution < -0.4 is 0 Å². The van der Waals surface area contributed by atoms with E-state index in [1.54, 1.807) is 353 Å². The van der Waals surface area contributed by atoms with Crippen LogP contribution in [-0.2, 0) is 0 Å². The predicted octanol–water partition coefficient (Wildman–Crippen LogP) is 36.8. The van der Waals surface area contributed by atoms with Crippen molar-refractivity contribution < 1.29 is 0 Å². The van der Waals surface area contributed by atoms with Gasteiger partial charge in [0.1, 0.15) is 0 Å². The van der Waals surface area contributed by atoms with Gasteiger partial charge < -0.3 is 0 Å². The molecule has 38 fully saturated rings. The second-order valence-corrected chi connectivity index (χ2v) is 62.7. The number of hydrogen-bond donors (Lipinski definition) is 0.